The third-order valence-electron chi connectivity index (χ3n) is 5.52. The molecular weight excluding hydrogens is 369 g/mol. The minimum atomic E-state index is -0.520. The molecule has 0 spiro atoms. The van der Waals surface area contributed by atoms with Crippen molar-refractivity contribution in [1.29, 1.82) is 0 Å². The Kier molecular flexibility index (Phi) is 6.94. The van der Waals surface area contributed by atoms with Crippen molar-refractivity contribution in [1.82, 2.24) is 10.2 Å². The van der Waals surface area contributed by atoms with Crippen LogP contribution in [0.15, 0.2) is 18.2 Å². The summed E-state index contributed by atoms with van der Waals surface area (Å²) >= 11 is 5.83. The van der Waals surface area contributed by atoms with Crippen LogP contribution in [-0.4, -0.2) is 36.0 Å². The lowest BCUT2D eigenvalue weighted by Gasteiger charge is -2.39. The molecule has 1 saturated heterocycles. The van der Waals surface area contributed by atoms with Crippen molar-refractivity contribution in [3.05, 3.63) is 29.0 Å². The smallest absolute Gasteiger partial charge is 0.322 e. The van der Waals surface area contributed by atoms with Gasteiger partial charge in [0.15, 0.2) is 0 Å². The van der Waals surface area contributed by atoms with Gasteiger partial charge >= 0.3 is 6.03 Å². The van der Waals surface area contributed by atoms with E-state index in [0.717, 1.165) is 51.4 Å². The van der Waals surface area contributed by atoms with Crippen molar-refractivity contribution < 1.29 is 14.0 Å². The van der Waals surface area contributed by atoms with E-state index in [4.69, 9.17) is 11.6 Å². The standard InChI is InChI=1S/C20H27ClFN3O2/c21-16-13-14(9-10-17(16)22)24-20(27)25-12-6-2-1-5-11-23-19(26)15-7-3-4-8-18(15)25/h9-10,13,15,18H,1-8,11-12H2,(H,23,26)(H,24,27)/t15-,18+/m1/s1. The van der Waals surface area contributed by atoms with Gasteiger partial charge in [-0.1, -0.05) is 37.3 Å². The molecule has 1 heterocycles. The van der Waals surface area contributed by atoms with Crippen LogP contribution in [0.25, 0.3) is 0 Å². The van der Waals surface area contributed by atoms with Gasteiger partial charge in [-0.05, 0) is 43.9 Å². The zero-order valence-corrected chi connectivity index (χ0v) is 16.2. The van der Waals surface area contributed by atoms with Crippen molar-refractivity contribution in [3.63, 3.8) is 0 Å². The maximum absolute atomic E-state index is 13.4. The lowest BCUT2D eigenvalue weighted by Crippen LogP contribution is -2.52. The van der Waals surface area contributed by atoms with E-state index in [1.165, 1.54) is 18.2 Å². The van der Waals surface area contributed by atoms with Crippen LogP contribution in [0.2, 0.25) is 5.02 Å². The number of nitrogens with one attached hydrogen (secondary N) is 2. The van der Waals surface area contributed by atoms with E-state index in [0.29, 0.717) is 18.8 Å². The zero-order chi connectivity index (χ0) is 19.2. The van der Waals surface area contributed by atoms with E-state index >= 15 is 0 Å². The van der Waals surface area contributed by atoms with Crippen LogP contribution >= 0.6 is 11.6 Å². The average Bonchev–Trinajstić information content (AvgIpc) is 2.69. The van der Waals surface area contributed by atoms with Gasteiger partial charge in [0.2, 0.25) is 5.91 Å². The number of urea groups is 1. The monoisotopic (exact) mass is 395 g/mol. The Morgan fingerprint density at radius 1 is 1.15 bits per heavy atom. The summed E-state index contributed by atoms with van der Waals surface area (Å²) in [6.07, 6.45) is 7.62. The van der Waals surface area contributed by atoms with Gasteiger partial charge in [0.1, 0.15) is 5.82 Å². The Balaban J connectivity index is 1.79. The number of hydrogen-bond donors (Lipinski definition) is 2. The molecule has 7 heteroatoms. The highest BCUT2D eigenvalue weighted by Crippen LogP contribution is 2.30. The van der Waals surface area contributed by atoms with Crippen molar-refractivity contribution in [2.45, 2.75) is 57.4 Å². The van der Waals surface area contributed by atoms with E-state index in [1.807, 2.05) is 4.90 Å². The van der Waals surface area contributed by atoms with E-state index < -0.39 is 5.82 Å². The summed E-state index contributed by atoms with van der Waals surface area (Å²) < 4.78 is 13.4. The molecule has 27 heavy (non-hydrogen) atoms. The third-order valence-corrected chi connectivity index (χ3v) is 5.81. The van der Waals surface area contributed by atoms with Crippen molar-refractivity contribution >= 4 is 29.2 Å². The van der Waals surface area contributed by atoms with Gasteiger partial charge < -0.3 is 15.5 Å². The summed E-state index contributed by atoms with van der Waals surface area (Å²) in [7, 11) is 0. The molecule has 5 nitrogen and oxygen atoms in total. The molecule has 2 aliphatic rings. The second kappa shape index (κ2) is 9.40. The summed E-state index contributed by atoms with van der Waals surface area (Å²) in [6.45, 7) is 1.33. The summed E-state index contributed by atoms with van der Waals surface area (Å²) in [4.78, 5) is 27.5. The van der Waals surface area contributed by atoms with Crippen LogP contribution in [0.1, 0.15) is 51.4 Å². The highest BCUT2D eigenvalue weighted by atomic mass is 35.5. The molecule has 0 bridgehead atoms. The Morgan fingerprint density at radius 3 is 2.74 bits per heavy atom. The second-order valence-electron chi connectivity index (χ2n) is 7.42. The molecule has 3 amide bonds. The molecule has 1 aliphatic carbocycles. The van der Waals surface area contributed by atoms with Crippen LogP contribution in [0.4, 0.5) is 14.9 Å². The van der Waals surface area contributed by atoms with Gasteiger partial charge in [-0.2, -0.15) is 0 Å². The van der Waals surface area contributed by atoms with E-state index in [2.05, 4.69) is 10.6 Å². The lowest BCUT2D eigenvalue weighted by molar-refractivity contribution is -0.127. The van der Waals surface area contributed by atoms with Crippen molar-refractivity contribution in [3.8, 4) is 0 Å². The molecule has 148 valence electrons. The zero-order valence-electron chi connectivity index (χ0n) is 15.5. The fourth-order valence-corrected chi connectivity index (χ4v) is 4.26. The SMILES string of the molecule is O=C1NCCCCCCN(C(=O)Nc2ccc(F)c(Cl)c2)[C@H]2CCCC[C@@H]12. The molecule has 0 aromatic heterocycles. The van der Waals surface area contributed by atoms with Crippen LogP contribution in [0.3, 0.4) is 0 Å². The van der Waals surface area contributed by atoms with E-state index in [9.17, 15) is 14.0 Å². The van der Waals surface area contributed by atoms with Crippen molar-refractivity contribution in [2.24, 2.45) is 5.92 Å². The first-order valence-corrected chi connectivity index (χ1v) is 10.2. The molecule has 2 atom stereocenters. The van der Waals surface area contributed by atoms with Crippen LogP contribution < -0.4 is 10.6 Å². The number of carbonyl (C=O) groups excluding carboxylic acids is 2. The largest absolute Gasteiger partial charge is 0.356 e. The predicted molar refractivity (Wildman–Crippen MR) is 104 cm³/mol. The van der Waals surface area contributed by atoms with Crippen LogP contribution in [0, 0.1) is 11.7 Å². The number of amides is 3. The quantitative estimate of drug-likeness (QED) is 0.732. The van der Waals surface area contributed by atoms with E-state index in [-0.39, 0.29) is 28.9 Å². The number of anilines is 1. The number of carbonyl (C=O) groups is 2. The first-order valence-electron chi connectivity index (χ1n) is 9.86. The molecule has 1 aliphatic heterocycles. The normalized spacial score (nSPS) is 24.4. The highest BCUT2D eigenvalue weighted by molar-refractivity contribution is 6.31. The molecule has 1 aromatic carbocycles. The molecule has 3 rings (SSSR count). The maximum atomic E-state index is 13.4. The predicted octanol–water partition coefficient (Wildman–Crippen LogP) is 4.56. The topological polar surface area (TPSA) is 61.4 Å². The minimum absolute atomic E-state index is 0.0276. The third kappa shape index (κ3) is 5.12. The van der Waals surface area contributed by atoms with Gasteiger partial charge in [0.25, 0.3) is 0 Å². The Bertz CT molecular complexity index is 685. The van der Waals surface area contributed by atoms with Crippen LogP contribution in [-0.2, 0) is 4.79 Å². The molecule has 1 aromatic rings. The summed E-state index contributed by atoms with van der Waals surface area (Å²) in [5, 5.41) is 5.85. The van der Waals surface area contributed by atoms with Gasteiger partial charge in [-0.25, -0.2) is 9.18 Å². The van der Waals surface area contributed by atoms with Gasteiger partial charge in [-0.15, -0.1) is 0 Å². The second-order valence-corrected chi connectivity index (χ2v) is 7.82. The number of halogens is 2. The molecule has 2 N–H and O–H groups in total. The number of fused-ring (bicyclic) bond motifs is 1. The Labute approximate surface area is 164 Å². The highest BCUT2D eigenvalue weighted by Gasteiger charge is 2.37. The van der Waals surface area contributed by atoms with Gasteiger partial charge in [-0.3, -0.25) is 4.79 Å². The number of nitrogens with zero attached hydrogens (tertiary/aromatic N) is 1. The van der Waals surface area contributed by atoms with Gasteiger partial charge in [0.05, 0.1) is 10.9 Å². The first kappa shape index (κ1) is 19.9. The summed E-state index contributed by atoms with van der Waals surface area (Å²) in [5.74, 6) is -0.627. The molecule has 0 unspecified atom stereocenters. The molecule has 1 saturated carbocycles. The van der Waals surface area contributed by atoms with Gasteiger partial charge in [0, 0.05) is 24.8 Å². The summed E-state index contributed by atoms with van der Waals surface area (Å²) in [6, 6.07) is 3.79. The molecular formula is C20H27ClFN3O2. The lowest BCUT2D eigenvalue weighted by atomic mass is 9.82. The number of hydrogen-bond acceptors (Lipinski definition) is 2. The van der Waals surface area contributed by atoms with Crippen LogP contribution in [0.5, 0.6) is 0 Å². The summed E-state index contributed by atoms with van der Waals surface area (Å²) in [5.41, 5.74) is 0.456. The fourth-order valence-electron chi connectivity index (χ4n) is 4.08. The van der Waals surface area contributed by atoms with Crippen molar-refractivity contribution in [2.75, 3.05) is 18.4 Å². The van der Waals surface area contributed by atoms with E-state index in [1.54, 1.807) is 0 Å². The number of rotatable bonds is 1. The fraction of sp³-hybridized carbons (Fsp3) is 0.600. The molecule has 2 fully saturated rings. The first-order chi connectivity index (χ1) is 13.1. The maximum Gasteiger partial charge on any atom is 0.322 e. The number of benzene rings is 1. The molecule has 0 radical (unpaired) electrons. The average molecular weight is 396 g/mol. The minimum Gasteiger partial charge on any atom is -0.356 e. The Morgan fingerprint density at radius 2 is 1.93 bits per heavy atom. The Hall–Kier alpha value is -1.82.